The highest BCUT2D eigenvalue weighted by atomic mass is 32.2. The molecule has 2 aromatic rings. The molecule has 1 heterocycles. The number of nitrogens with one attached hydrogen (secondary N) is 1. The van der Waals surface area contributed by atoms with E-state index in [0.29, 0.717) is 17.3 Å². The predicted octanol–water partition coefficient (Wildman–Crippen LogP) is 3.88. The third-order valence-electron chi connectivity index (χ3n) is 4.36. The molecule has 1 aliphatic rings. The summed E-state index contributed by atoms with van der Waals surface area (Å²) in [4.78, 5) is 24.5. The number of aryl methyl sites for hydroxylation is 1. The molecule has 1 amide bonds. The van der Waals surface area contributed by atoms with E-state index in [2.05, 4.69) is 20.1 Å². The summed E-state index contributed by atoms with van der Waals surface area (Å²) in [7, 11) is 0. The molecule has 1 atom stereocenters. The minimum absolute atomic E-state index is 0.0391. The first-order valence-electron chi connectivity index (χ1n) is 8.90. The van der Waals surface area contributed by atoms with Crippen molar-refractivity contribution in [2.24, 2.45) is 5.92 Å². The summed E-state index contributed by atoms with van der Waals surface area (Å²) < 4.78 is 2.14. The molecular formula is C19H24N4O2S. The van der Waals surface area contributed by atoms with E-state index in [1.165, 1.54) is 11.8 Å². The van der Waals surface area contributed by atoms with Crippen molar-refractivity contribution in [1.29, 1.82) is 0 Å². The summed E-state index contributed by atoms with van der Waals surface area (Å²) in [6.45, 7) is 7.53. The molecule has 1 fully saturated rings. The molecular weight excluding hydrogens is 348 g/mol. The van der Waals surface area contributed by atoms with Gasteiger partial charge in [0.05, 0.1) is 5.25 Å². The van der Waals surface area contributed by atoms with E-state index in [9.17, 15) is 9.59 Å². The Bertz CT molecular complexity index is 809. The maximum absolute atomic E-state index is 12.7. The highest BCUT2D eigenvalue weighted by Crippen LogP contribution is 2.39. The summed E-state index contributed by atoms with van der Waals surface area (Å²) in [6.07, 6.45) is 2.30. The zero-order valence-electron chi connectivity index (χ0n) is 15.5. The first-order valence-corrected chi connectivity index (χ1v) is 9.78. The molecule has 0 aliphatic heterocycles. The zero-order valence-corrected chi connectivity index (χ0v) is 16.3. The monoisotopic (exact) mass is 372 g/mol. The second-order valence-electron chi connectivity index (χ2n) is 6.98. The molecule has 1 aromatic heterocycles. The number of nitrogens with zero attached hydrogens (tertiary/aromatic N) is 3. The number of anilines is 1. The Labute approximate surface area is 157 Å². The van der Waals surface area contributed by atoms with E-state index in [1.807, 2.05) is 27.7 Å². The standard InChI is InChI=1S/C19H24N4O2S/c1-11(2)18(25)20-15-7-5-14(6-8-15)17(24)12(3)26-19-22-21-13(4)23(19)16-9-10-16/h5-8,11-12,16H,9-10H2,1-4H3,(H,20,25)/t12-/m1/s1. The predicted molar refractivity (Wildman–Crippen MR) is 103 cm³/mol. The Hall–Kier alpha value is -2.15. The second kappa shape index (κ2) is 7.61. The molecule has 0 saturated heterocycles. The van der Waals surface area contributed by atoms with E-state index in [-0.39, 0.29) is 22.9 Å². The number of aromatic nitrogens is 3. The number of hydrogen-bond donors (Lipinski definition) is 1. The van der Waals surface area contributed by atoms with Crippen molar-refractivity contribution >= 4 is 29.1 Å². The van der Waals surface area contributed by atoms with Crippen molar-refractivity contribution in [1.82, 2.24) is 14.8 Å². The van der Waals surface area contributed by atoms with Crippen molar-refractivity contribution in [3.8, 4) is 0 Å². The van der Waals surface area contributed by atoms with E-state index >= 15 is 0 Å². The van der Waals surface area contributed by atoms with Crippen LogP contribution >= 0.6 is 11.8 Å². The zero-order chi connectivity index (χ0) is 18.8. The van der Waals surface area contributed by atoms with Gasteiger partial charge in [-0.1, -0.05) is 25.6 Å². The minimum atomic E-state index is -0.257. The number of carbonyl (C=O) groups is 2. The molecule has 0 unspecified atom stereocenters. The molecule has 1 aromatic carbocycles. The number of thioether (sulfide) groups is 1. The molecule has 0 spiro atoms. The van der Waals surface area contributed by atoms with Crippen molar-refractivity contribution in [3.05, 3.63) is 35.7 Å². The molecule has 1 aliphatic carbocycles. The van der Waals surface area contributed by atoms with Gasteiger partial charge in [0.15, 0.2) is 10.9 Å². The van der Waals surface area contributed by atoms with Crippen LogP contribution in [0.4, 0.5) is 5.69 Å². The van der Waals surface area contributed by atoms with Crippen LogP contribution in [0, 0.1) is 12.8 Å². The topological polar surface area (TPSA) is 76.9 Å². The van der Waals surface area contributed by atoms with Crippen LogP contribution in [0.25, 0.3) is 0 Å². The maximum Gasteiger partial charge on any atom is 0.226 e. The summed E-state index contributed by atoms with van der Waals surface area (Å²) in [6, 6.07) is 7.53. The fraction of sp³-hybridized carbons (Fsp3) is 0.474. The van der Waals surface area contributed by atoms with Gasteiger partial charge in [-0.15, -0.1) is 10.2 Å². The summed E-state index contributed by atoms with van der Waals surface area (Å²) in [5.41, 5.74) is 1.33. The number of carbonyl (C=O) groups excluding carboxylic acids is 2. The lowest BCUT2D eigenvalue weighted by atomic mass is 10.1. The molecule has 1 saturated carbocycles. The van der Waals surface area contributed by atoms with Crippen LogP contribution in [-0.2, 0) is 4.79 Å². The molecule has 26 heavy (non-hydrogen) atoms. The molecule has 1 N–H and O–H groups in total. The Morgan fingerprint density at radius 2 is 1.81 bits per heavy atom. The van der Waals surface area contributed by atoms with Gasteiger partial charge in [0.1, 0.15) is 5.82 Å². The number of Topliss-reactive ketones (excluding diaryl/α,β-unsaturated/α-hetero) is 1. The van der Waals surface area contributed by atoms with Crippen molar-refractivity contribution in [3.63, 3.8) is 0 Å². The van der Waals surface area contributed by atoms with Gasteiger partial charge in [-0.2, -0.15) is 0 Å². The average Bonchev–Trinajstić information content (AvgIpc) is 3.38. The van der Waals surface area contributed by atoms with Gasteiger partial charge in [0.2, 0.25) is 5.91 Å². The van der Waals surface area contributed by atoms with Crippen LogP contribution in [0.15, 0.2) is 29.4 Å². The van der Waals surface area contributed by atoms with Crippen LogP contribution in [0.5, 0.6) is 0 Å². The first kappa shape index (κ1) is 18.6. The first-order chi connectivity index (χ1) is 12.4. The normalized spacial score (nSPS) is 15.1. The molecule has 0 radical (unpaired) electrons. The third kappa shape index (κ3) is 4.15. The number of hydrogen-bond acceptors (Lipinski definition) is 5. The lowest BCUT2D eigenvalue weighted by Gasteiger charge is -2.12. The largest absolute Gasteiger partial charge is 0.326 e. The number of ketones is 1. The Kier molecular flexibility index (Phi) is 5.46. The van der Waals surface area contributed by atoms with Gasteiger partial charge in [0, 0.05) is 23.2 Å². The van der Waals surface area contributed by atoms with Crippen LogP contribution in [0.2, 0.25) is 0 Å². The van der Waals surface area contributed by atoms with E-state index < -0.39 is 0 Å². The van der Waals surface area contributed by atoms with Crippen LogP contribution in [0.1, 0.15) is 55.8 Å². The van der Waals surface area contributed by atoms with Crippen molar-refractivity contribution < 1.29 is 9.59 Å². The SMILES string of the molecule is Cc1nnc(S[C@H](C)C(=O)c2ccc(NC(=O)C(C)C)cc2)n1C1CC1. The molecule has 7 heteroatoms. The fourth-order valence-electron chi connectivity index (χ4n) is 2.63. The number of benzene rings is 1. The quantitative estimate of drug-likeness (QED) is 0.589. The summed E-state index contributed by atoms with van der Waals surface area (Å²) in [5, 5.41) is 11.8. The summed E-state index contributed by atoms with van der Waals surface area (Å²) in [5.74, 6) is 0.822. The van der Waals surface area contributed by atoms with E-state index in [1.54, 1.807) is 24.3 Å². The number of rotatable bonds is 7. The van der Waals surface area contributed by atoms with Crippen LogP contribution in [-0.4, -0.2) is 31.7 Å². The van der Waals surface area contributed by atoms with Gasteiger partial charge in [0.25, 0.3) is 0 Å². The Morgan fingerprint density at radius 1 is 1.15 bits per heavy atom. The fourth-order valence-corrected chi connectivity index (χ4v) is 3.68. The highest BCUT2D eigenvalue weighted by Gasteiger charge is 2.30. The van der Waals surface area contributed by atoms with Gasteiger partial charge in [-0.3, -0.25) is 9.59 Å². The van der Waals surface area contributed by atoms with E-state index in [0.717, 1.165) is 23.8 Å². The van der Waals surface area contributed by atoms with E-state index in [4.69, 9.17) is 0 Å². The van der Waals surface area contributed by atoms with Crippen LogP contribution < -0.4 is 5.32 Å². The van der Waals surface area contributed by atoms with Gasteiger partial charge < -0.3 is 9.88 Å². The average molecular weight is 372 g/mol. The van der Waals surface area contributed by atoms with Crippen molar-refractivity contribution in [2.75, 3.05) is 5.32 Å². The maximum atomic E-state index is 12.7. The summed E-state index contributed by atoms with van der Waals surface area (Å²) >= 11 is 1.45. The van der Waals surface area contributed by atoms with Gasteiger partial charge >= 0.3 is 0 Å². The third-order valence-corrected chi connectivity index (χ3v) is 5.42. The molecule has 3 rings (SSSR count). The number of amides is 1. The molecule has 6 nitrogen and oxygen atoms in total. The highest BCUT2D eigenvalue weighted by molar-refractivity contribution is 8.00. The Morgan fingerprint density at radius 3 is 2.38 bits per heavy atom. The molecule has 0 bridgehead atoms. The lowest BCUT2D eigenvalue weighted by molar-refractivity contribution is -0.118. The Balaban J connectivity index is 1.66. The smallest absolute Gasteiger partial charge is 0.226 e. The molecule has 138 valence electrons. The van der Waals surface area contributed by atoms with Crippen molar-refractivity contribution in [2.45, 2.75) is 57.0 Å². The lowest BCUT2D eigenvalue weighted by Crippen LogP contribution is -2.18. The second-order valence-corrected chi connectivity index (χ2v) is 8.28. The van der Waals surface area contributed by atoms with Crippen LogP contribution in [0.3, 0.4) is 0 Å². The minimum Gasteiger partial charge on any atom is -0.326 e. The van der Waals surface area contributed by atoms with Gasteiger partial charge in [-0.05, 0) is 51.0 Å². The van der Waals surface area contributed by atoms with Gasteiger partial charge in [-0.25, -0.2) is 0 Å².